The van der Waals surface area contributed by atoms with Crippen molar-refractivity contribution in [1.82, 2.24) is 15.5 Å². The van der Waals surface area contributed by atoms with E-state index in [0.29, 0.717) is 23.9 Å². The number of ether oxygens (including phenoxy) is 1. The molecule has 0 aromatic heterocycles. The van der Waals surface area contributed by atoms with E-state index in [-0.39, 0.29) is 12.1 Å². The molecule has 1 atom stereocenters. The van der Waals surface area contributed by atoms with Gasteiger partial charge in [-0.15, -0.1) is 0 Å². The van der Waals surface area contributed by atoms with Crippen LogP contribution in [0.15, 0.2) is 54.6 Å². The molecule has 5 nitrogen and oxygen atoms in total. The molecule has 0 bridgehead atoms. The first kappa shape index (κ1) is 20.1. The van der Waals surface area contributed by atoms with Gasteiger partial charge in [-0.3, -0.25) is 0 Å². The van der Waals surface area contributed by atoms with Crippen LogP contribution in [0.2, 0.25) is 5.02 Å². The zero-order valence-corrected chi connectivity index (χ0v) is 16.0. The van der Waals surface area contributed by atoms with E-state index in [2.05, 4.69) is 27.7 Å². The highest BCUT2D eigenvalue weighted by molar-refractivity contribution is 6.30. The summed E-state index contributed by atoms with van der Waals surface area (Å²) in [5, 5.41) is 6.49. The van der Waals surface area contributed by atoms with Gasteiger partial charge in [0.15, 0.2) is 0 Å². The highest BCUT2D eigenvalue weighted by atomic mass is 35.5. The Morgan fingerprint density at radius 1 is 1.15 bits per heavy atom. The molecule has 0 spiro atoms. The SMILES string of the molecule is CN(C)CC(Cc1ccccc1)NC(=O)NCCOc1cccc(Cl)c1. The first-order valence-electron chi connectivity index (χ1n) is 8.64. The molecule has 2 amide bonds. The number of nitrogens with zero attached hydrogens (tertiary/aromatic N) is 1. The maximum absolute atomic E-state index is 12.2. The maximum atomic E-state index is 12.2. The number of benzene rings is 2. The van der Waals surface area contributed by atoms with Crippen LogP contribution in [0.3, 0.4) is 0 Å². The van der Waals surface area contributed by atoms with Gasteiger partial charge in [0.05, 0.1) is 6.54 Å². The Bertz CT molecular complexity index is 680. The summed E-state index contributed by atoms with van der Waals surface area (Å²) in [4.78, 5) is 14.2. The molecule has 6 heteroatoms. The number of carbonyl (C=O) groups excluding carboxylic acids is 1. The number of hydrogen-bond donors (Lipinski definition) is 2. The van der Waals surface area contributed by atoms with E-state index in [1.165, 1.54) is 5.56 Å². The molecule has 2 aromatic carbocycles. The zero-order valence-electron chi connectivity index (χ0n) is 15.2. The fourth-order valence-corrected chi connectivity index (χ4v) is 2.81. The van der Waals surface area contributed by atoms with Crippen LogP contribution in [-0.4, -0.2) is 50.8 Å². The summed E-state index contributed by atoms with van der Waals surface area (Å²) in [6.07, 6.45) is 0.783. The van der Waals surface area contributed by atoms with Crippen LogP contribution in [0.5, 0.6) is 5.75 Å². The fraction of sp³-hybridized carbons (Fsp3) is 0.350. The first-order chi connectivity index (χ1) is 12.5. The summed E-state index contributed by atoms with van der Waals surface area (Å²) in [5.74, 6) is 0.689. The van der Waals surface area contributed by atoms with E-state index in [9.17, 15) is 4.79 Å². The highest BCUT2D eigenvalue weighted by Crippen LogP contribution is 2.16. The van der Waals surface area contributed by atoms with Gasteiger partial charge in [-0.2, -0.15) is 0 Å². The number of carbonyl (C=O) groups is 1. The second-order valence-electron chi connectivity index (χ2n) is 6.35. The largest absolute Gasteiger partial charge is 0.492 e. The fourth-order valence-electron chi connectivity index (χ4n) is 2.63. The van der Waals surface area contributed by atoms with E-state index in [4.69, 9.17) is 16.3 Å². The lowest BCUT2D eigenvalue weighted by Crippen LogP contribution is -2.48. The average molecular weight is 376 g/mol. The molecule has 0 saturated heterocycles. The van der Waals surface area contributed by atoms with E-state index < -0.39 is 0 Å². The summed E-state index contributed by atoms with van der Waals surface area (Å²) < 4.78 is 5.57. The number of nitrogens with one attached hydrogen (secondary N) is 2. The van der Waals surface area contributed by atoms with Gasteiger partial charge in [0.1, 0.15) is 12.4 Å². The average Bonchev–Trinajstić information content (AvgIpc) is 2.59. The number of hydrogen-bond acceptors (Lipinski definition) is 3. The van der Waals surface area contributed by atoms with Crippen molar-refractivity contribution >= 4 is 17.6 Å². The number of urea groups is 1. The van der Waals surface area contributed by atoms with Crippen LogP contribution in [0.4, 0.5) is 4.79 Å². The van der Waals surface area contributed by atoms with Crippen molar-refractivity contribution in [2.75, 3.05) is 33.8 Å². The molecule has 0 heterocycles. The third-order valence-electron chi connectivity index (χ3n) is 3.70. The summed E-state index contributed by atoms with van der Waals surface area (Å²) in [5.41, 5.74) is 1.20. The predicted molar refractivity (Wildman–Crippen MR) is 106 cm³/mol. The second kappa shape index (κ2) is 10.7. The number of likely N-dealkylation sites (N-methyl/N-ethyl adjacent to an activating group) is 1. The van der Waals surface area contributed by atoms with E-state index in [1.54, 1.807) is 12.1 Å². The molecule has 0 aliphatic heterocycles. The minimum atomic E-state index is -0.192. The molecule has 2 N–H and O–H groups in total. The van der Waals surface area contributed by atoms with Crippen molar-refractivity contribution in [2.45, 2.75) is 12.5 Å². The topological polar surface area (TPSA) is 53.6 Å². The number of amides is 2. The van der Waals surface area contributed by atoms with Crippen molar-refractivity contribution in [3.63, 3.8) is 0 Å². The van der Waals surface area contributed by atoms with Crippen LogP contribution < -0.4 is 15.4 Å². The monoisotopic (exact) mass is 375 g/mol. The van der Waals surface area contributed by atoms with E-state index in [0.717, 1.165) is 13.0 Å². The van der Waals surface area contributed by atoms with Crippen LogP contribution in [0, 0.1) is 0 Å². The standard InChI is InChI=1S/C20H26ClN3O2/c1-24(2)15-18(13-16-7-4-3-5-8-16)23-20(25)22-11-12-26-19-10-6-9-17(21)14-19/h3-10,14,18H,11-13,15H2,1-2H3,(H2,22,23,25). The normalized spacial score (nSPS) is 11.8. The quantitative estimate of drug-likeness (QED) is 0.662. The Morgan fingerprint density at radius 3 is 2.62 bits per heavy atom. The Kier molecular flexibility index (Phi) is 8.25. The van der Waals surface area contributed by atoms with Crippen LogP contribution in [-0.2, 0) is 6.42 Å². The van der Waals surface area contributed by atoms with Crippen LogP contribution in [0.25, 0.3) is 0 Å². The number of rotatable bonds is 9. The van der Waals surface area contributed by atoms with Gasteiger partial charge in [0.2, 0.25) is 0 Å². The van der Waals surface area contributed by atoms with Crippen molar-refractivity contribution < 1.29 is 9.53 Å². The third-order valence-corrected chi connectivity index (χ3v) is 3.93. The molecule has 2 rings (SSSR count). The maximum Gasteiger partial charge on any atom is 0.315 e. The Balaban J connectivity index is 1.75. The molecule has 2 aromatic rings. The minimum Gasteiger partial charge on any atom is -0.492 e. The lowest BCUT2D eigenvalue weighted by Gasteiger charge is -2.22. The third kappa shape index (κ3) is 7.76. The summed E-state index contributed by atoms with van der Waals surface area (Å²) in [6.45, 7) is 1.56. The van der Waals surface area contributed by atoms with Crippen molar-refractivity contribution in [1.29, 1.82) is 0 Å². The van der Waals surface area contributed by atoms with Gasteiger partial charge in [0, 0.05) is 17.6 Å². The molecule has 0 aliphatic rings. The van der Waals surface area contributed by atoms with Gasteiger partial charge in [-0.25, -0.2) is 4.79 Å². The molecule has 0 radical (unpaired) electrons. The highest BCUT2D eigenvalue weighted by Gasteiger charge is 2.13. The number of halogens is 1. The molecule has 0 saturated carbocycles. The van der Waals surface area contributed by atoms with E-state index >= 15 is 0 Å². The molecule has 0 fully saturated rings. The van der Waals surface area contributed by atoms with Gasteiger partial charge in [0.25, 0.3) is 0 Å². The lowest BCUT2D eigenvalue weighted by atomic mass is 10.1. The van der Waals surface area contributed by atoms with Crippen molar-refractivity contribution in [3.8, 4) is 5.75 Å². The van der Waals surface area contributed by atoms with Gasteiger partial charge < -0.3 is 20.3 Å². The van der Waals surface area contributed by atoms with Crippen molar-refractivity contribution in [2.24, 2.45) is 0 Å². The summed E-state index contributed by atoms with van der Waals surface area (Å²) in [6, 6.07) is 17.2. The summed E-state index contributed by atoms with van der Waals surface area (Å²) >= 11 is 5.91. The molecular weight excluding hydrogens is 350 g/mol. The van der Waals surface area contributed by atoms with E-state index in [1.807, 2.05) is 44.4 Å². The molecule has 26 heavy (non-hydrogen) atoms. The predicted octanol–water partition coefficient (Wildman–Crippen LogP) is 3.19. The Morgan fingerprint density at radius 2 is 1.92 bits per heavy atom. The molecule has 0 aliphatic carbocycles. The molecule has 1 unspecified atom stereocenters. The van der Waals surface area contributed by atoms with Gasteiger partial charge in [-0.1, -0.05) is 48.0 Å². The van der Waals surface area contributed by atoms with Gasteiger partial charge in [-0.05, 0) is 44.3 Å². The Labute approximate surface area is 160 Å². The molecular formula is C20H26ClN3O2. The lowest BCUT2D eigenvalue weighted by molar-refractivity contribution is 0.228. The van der Waals surface area contributed by atoms with Crippen molar-refractivity contribution in [3.05, 3.63) is 65.2 Å². The minimum absolute atomic E-state index is 0.0289. The molecule has 140 valence electrons. The van der Waals surface area contributed by atoms with Crippen LogP contribution in [0.1, 0.15) is 5.56 Å². The smallest absolute Gasteiger partial charge is 0.315 e. The first-order valence-corrected chi connectivity index (χ1v) is 9.02. The zero-order chi connectivity index (χ0) is 18.8. The second-order valence-corrected chi connectivity index (χ2v) is 6.79. The summed E-state index contributed by atoms with van der Waals surface area (Å²) in [7, 11) is 3.99. The van der Waals surface area contributed by atoms with Crippen LogP contribution >= 0.6 is 11.6 Å². The Hall–Kier alpha value is -2.24. The van der Waals surface area contributed by atoms with Gasteiger partial charge >= 0.3 is 6.03 Å².